The molecular formula is C13H21F3N2O2. The Morgan fingerprint density at radius 1 is 1.30 bits per heavy atom. The molecule has 0 spiro atoms. The molecule has 4 unspecified atom stereocenters. The quantitative estimate of drug-likeness (QED) is 0.840. The molecule has 0 saturated carbocycles. The van der Waals surface area contributed by atoms with Crippen molar-refractivity contribution in [2.45, 2.75) is 50.6 Å². The molecule has 2 aliphatic rings. The van der Waals surface area contributed by atoms with Gasteiger partial charge in [0.1, 0.15) is 0 Å². The lowest BCUT2D eigenvalue weighted by Gasteiger charge is -2.35. The molecule has 1 amide bonds. The number of rotatable bonds is 2. The summed E-state index contributed by atoms with van der Waals surface area (Å²) in [7, 11) is 1.70. The number of piperidine rings is 1. The summed E-state index contributed by atoms with van der Waals surface area (Å²) in [4.78, 5) is 13.9. The normalized spacial score (nSPS) is 35.0. The van der Waals surface area contributed by atoms with Crippen molar-refractivity contribution in [3.63, 3.8) is 0 Å². The summed E-state index contributed by atoms with van der Waals surface area (Å²) >= 11 is 0. The third-order valence-corrected chi connectivity index (χ3v) is 4.36. The molecule has 2 fully saturated rings. The van der Waals surface area contributed by atoms with Crippen LogP contribution in [0.4, 0.5) is 13.2 Å². The number of carbonyl (C=O) groups excluding carboxylic acids is 1. The number of carbonyl (C=O) groups is 1. The van der Waals surface area contributed by atoms with Crippen LogP contribution in [0.5, 0.6) is 0 Å². The molecule has 0 aromatic heterocycles. The van der Waals surface area contributed by atoms with E-state index in [9.17, 15) is 18.0 Å². The maximum absolute atomic E-state index is 12.6. The number of nitrogens with one attached hydrogen (secondary N) is 1. The number of halogens is 3. The predicted octanol–water partition coefficient (Wildman–Crippen LogP) is 1.55. The Morgan fingerprint density at radius 2 is 2.00 bits per heavy atom. The summed E-state index contributed by atoms with van der Waals surface area (Å²) in [5.41, 5.74) is 0. The summed E-state index contributed by atoms with van der Waals surface area (Å²) in [5.74, 6) is -1.47. The van der Waals surface area contributed by atoms with E-state index < -0.39 is 18.1 Å². The van der Waals surface area contributed by atoms with E-state index in [4.69, 9.17) is 4.74 Å². The Labute approximate surface area is 116 Å². The van der Waals surface area contributed by atoms with Crippen molar-refractivity contribution in [3.8, 4) is 0 Å². The van der Waals surface area contributed by atoms with Crippen molar-refractivity contribution >= 4 is 5.91 Å². The molecule has 20 heavy (non-hydrogen) atoms. The maximum atomic E-state index is 12.6. The van der Waals surface area contributed by atoms with E-state index in [0.717, 1.165) is 6.42 Å². The highest BCUT2D eigenvalue weighted by atomic mass is 19.4. The van der Waals surface area contributed by atoms with Gasteiger partial charge in [-0.25, -0.2) is 0 Å². The van der Waals surface area contributed by atoms with Crippen LogP contribution in [-0.2, 0) is 9.53 Å². The Bertz CT molecular complexity index is 354. The van der Waals surface area contributed by atoms with Crippen LogP contribution in [0.2, 0.25) is 0 Å². The average Bonchev–Trinajstić information content (AvgIpc) is 2.82. The molecule has 4 nitrogen and oxygen atoms in total. The zero-order valence-electron chi connectivity index (χ0n) is 11.7. The molecule has 0 aliphatic carbocycles. The lowest BCUT2D eigenvalue weighted by molar-refractivity contribution is -0.180. The minimum Gasteiger partial charge on any atom is -0.376 e. The predicted molar refractivity (Wildman–Crippen MR) is 67.2 cm³/mol. The van der Waals surface area contributed by atoms with E-state index in [0.29, 0.717) is 6.61 Å². The minimum absolute atomic E-state index is 0.0114. The smallest absolute Gasteiger partial charge is 0.376 e. The van der Waals surface area contributed by atoms with Gasteiger partial charge in [-0.1, -0.05) is 0 Å². The van der Waals surface area contributed by atoms with Crippen molar-refractivity contribution in [2.75, 3.05) is 20.2 Å². The first-order valence-corrected chi connectivity index (χ1v) is 6.99. The van der Waals surface area contributed by atoms with Gasteiger partial charge in [-0.3, -0.25) is 4.79 Å². The highest BCUT2D eigenvalue weighted by Crippen LogP contribution is 2.32. The lowest BCUT2D eigenvalue weighted by atomic mass is 9.93. The second-order valence-electron chi connectivity index (χ2n) is 5.66. The van der Waals surface area contributed by atoms with Crippen LogP contribution < -0.4 is 5.32 Å². The molecule has 2 rings (SSSR count). The summed E-state index contributed by atoms with van der Waals surface area (Å²) in [5, 5.41) is 2.74. The number of nitrogens with zero attached hydrogens (tertiary/aromatic N) is 1. The number of ether oxygens (including phenoxy) is 1. The van der Waals surface area contributed by atoms with E-state index in [2.05, 4.69) is 5.32 Å². The van der Waals surface area contributed by atoms with Crippen LogP contribution in [0.15, 0.2) is 0 Å². The van der Waals surface area contributed by atoms with Crippen molar-refractivity contribution < 1.29 is 22.7 Å². The molecule has 0 aromatic carbocycles. The molecule has 7 heteroatoms. The lowest BCUT2D eigenvalue weighted by Crippen LogP contribution is -2.54. The van der Waals surface area contributed by atoms with Gasteiger partial charge < -0.3 is 15.0 Å². The molecule has 4 atom stereocenters. The first-order chi connectivity index (χ1) is 9.30. The second-order valence-corrected chi connectivity index (χ2v) is 5.66. The third kappa shape index (κ3) is 3.25. The third-order valence-electron chi connectivity index (χ3n) is 4.36. The number of hydrogen-bond donors (Lipinski definition) is 1. The van der Waals surface area contributed by atoms with E-state index in [1.54, 1.807) is 11.9 Å². The molecule has 2 heterocycles. The van der Waals surface area contributed by atoms with Crippen LogP contribution in [-0.4, -0.2) is 55.4 Å². The first-order valence-electron chi connectivity index (χ1n) is 6.99. The Hall–Kier alpha value is -0.820. The van der Waals surface area contributed by atoms with Gasteiger partial charge in [-0.15, -0.1) is 0 Å². The van der Waals surface area contributed by atoms with Crippen LogP contribution >= 0.6 is 0 Å². The molecule has 2 aliphatic heterocycles. The summed E-state index contributed by atoms with van der Waals surface area (Å²) < 4.78 is 43.1. The Balaban J connectivity index is 1.88. The van der Waals surface area contributed by atoms with Gasteiger partial charge in [0.15, 0.2) is 0 Å². The molecule has 0 aromatic rings. The van der Waals surface area contributed by atoms with Gasteiger partial charge >= 0.3 is 6.18 Å². The monoisotopic (exact) mass is 294 g/mol. The standard InChI is InChI=1S/C13H21F3N2O2/c1-8-11(5-6-20-8)18(2)12(19)10-4-3-9(7-17-10)13(14,15)16/h8-11,17H,3-7H2,1-2H3. The molecule has 116 valence electrons. The highest BCUT2D eigenvalue weighted by Gasteiger charge is 2.43. The largest absolute Gasteiger partial charge is 0.393 e. The zero-order valence-corrected chi connectivity index (χ0v) is 11.7. The number of amides is 1. The Kier molecular flexibility index (Phi) is 4.59. The summed E-state index contributed by atoms with van der Waals surface area (Å²) in [6.07, 6.45) is -3.18. The molecule has 0 bridgehead atoms. The fraction of sp³-hybridized carbons (Fsp3) is 0.923. The fourth-order valence-corrected chi connectivity index (χ4v) is 2.98. The average molecular weight is 294 g/mol. The van der Waals surface area contributed by atoms with Gasteiger partial charge in [0.05, 0.1) is 24.1 Å². The SMILES string of the molecule is CC1OCCC1N(C)C(=O)C1CCC(C(F)(F)F)CN1. The van der Waals surface area contributed by atoms with Gasteiger partial charge in [0.2, 0.25) is 5.91 Å². The van der Waals surface area contributed by atoms with Crippen molar-refractivity contribution in [2.24, 2.45) is 5.92 Å². The van der Waals surface area contributed by atoms with E-state index in [1.165, 1.54) is 0 Å². The van der Waals surface area contributed by atoms with E-state index >= 15 is 0 Å². The molecule has 0 radical (unpaired) electrons. The highest BCUT2D eigenvalue weighted by molar-refractivity contribution is 5.82. The first kappa shape index (κ1) is 15.6. The van der Waals surface area contributed by atoms with Crippen LogP contribution in [0.3, 0.4) is 0 Å². The van der Waals surface area contributed by atoms with Crippen LogP contribution in [0.25, 0.3) is 0 Å². The van der Waals surface area contributed by atoms with Gasteiger partial charge in [-0.2, -0.15) is 13.2 Å². The van der Waals surface area contributed by atoms with Crippen LogP contribution in [0.1, 0.15) is 26.2 Å². The van der Waals surface area contributed by atoms with Gasteiger partial charge in [0.25, 0.3) is 0 Å². The summed E-state index contributed by atoms with van der Waals surface area (Å²) in [6.45, 7) is 2.36. The topological polar surface area (TPSA) is 41.6 Å². The van der Waals surface area contributed by atoms with Crippen molar-refractivity contribution in [1.82, 2.24) is 10.2 Å². The van der Waals surface area contributed by atoms with Gasteiger partial charge in [0, 0.05) is 20.2 Å². The van der Waals surface area contributed by atoms with Crippen molar-refractivity contribution in [1.29, 1.82) is 0 Å². The number of hydrogen-bond acceptors (Lipinski definition) is 3. The minimum atomic E-state index is -4.18. The molecule has 2 saturated heterocycles. The molecule has 1 N–H and O–H groups in total. The van der Waals surface area contributed by atoms with Crippen molar-refractivity contribution in [3.05, 3.63) is 0 Å². The summed E-state index contributed by atoms with van der Waals surface area (Å²) in [6, 6.07) is -0.490. The second kappa shape index (κ2) is 5.89. The zero-order chi connectivity index (χ0) is 14.9. The Morgan fingerprint density at radius 3 is 2.45 bits per heavy atom. The van der Waals surface area contributed by atoms with E-state index in [-0.39, 0.29) is 37.4 Å². The maximum Gasteiger partial charge on any atom is 0.393 e. The van der Waals surface area contributed by atoms with Crippen LogP contribution in [0, 0.1) is 5.92 Å². The van der Waals surface area contributed by atoms with Gasteiger partial charge in [-0.05, 0) is 26.2 Å². The number of likely N-dealkylation sites (N-methyl/N-ethyl adjacent to an activating group) is 1. The number of alkyl halides is 3. The fourth-order valence-electron chi connectivity index (χ4n) is 2.98. The molecular weight excluding hydrogens is 273 g/mol. The van der Waals surface area contributed by atoms with E-state index in [1.807, 2.05) is 6.92 Å².